The first-order valence-corrected chi connectivity index (χ1v) is 6.18. The van der Waals surface area contributed by atoms with Crippen molar-refractivity contribution in [1.82, 2.24) is 0 Å². The Kier molecular flexibility index (Phi) is 6.52. The van der Waals surface area contributed by atoms with Gasteiger partial charge in [0.05, 0.1) is 4.90 Å². The minimum atomic E-state index is -4.31. The van der Waals surface area contributed by atoms with Crippen LogP contribution in [0.5, 0.6) is 0 Å². The van der Waals surface area contributed by atoms with Crippen molar-refractivity contribution in [3.05, 3.63) is 29.8 Å². The normalized spacial score (nSPS) is 10.7. The molecule has 0 unspecified atom stereocenters. The van der Waals surface area contributed by atoms with Gasteiger partial charge in [-0.25, -0.2) is 8.42 Å². The molecule has 14 heavy (non-hydrogen) atoms. The molecule has 0 radical (unpaired) electrons. The maximum atomic E-state index is 10.6. The van der Waals surface area contributed by atoms with Crippen LogP contribution in [-0.4, -0.2) is 18.3 Å². The molecule has 0 bridgehead atoms. The summed E-state index contributed by atoms with van der Waals surface area (Å²) in [6.07, 6.45) is 0.712. The van der Waals surface area contributed by atoms with Gasteiger partial charge in [-0.3, -0.25) is 0 Å². The summed E-state index contributed by atoms with van der Waals surface area (Å²) in [4.78, 5) is -0.161. The fourth-order valence-electron chi connectivity index (χ4n) is 0.966. The molecule has 0 atom stereocenters. The maximum absolute atomic E-state index is 10.6. The molecule has 0 N–H and O–H groups in total. The number of rotatable bonds is 3. The van der Waals surface area contributed by atoms with E-state index in [-0.39, 0.29) is 34.5 Å². The molecular weight excluding hydrogens is 279 g/mol. The van der Waals surface area contributed by atoms with E-state index in [9.17, 15) is 13.0 Å². The van der Waals surface area contributed by atoms with Crippen molar-refractivity contribution in [2.24, 2.45) is 0 Å². The van der Waals surface area contributed by atoms with Crippen molar-refractivity contribution in [2.45, 2.75) is 11.3 Å². The zero-order chi connectivity index (χ0) is 9.90. The van der Waals surface area contributed by atoms with E-state index in [1.54, 1.807) is 12.1 Å². The molecule has 72 valence electrons. The molecule has 0 fully saturated rings. The Morgan fingerprint density at radius 2 is 2.00 bits per heavy atom. The van der Waals surface area contributed by atoms with Gasteiger partial charge < -0.3 is 4.55 Å². The number of aryl methyl sites for hydroxylation is 1. The monoisotopic (exact) mass is 286 g/mol. The summed E-state index contributed by atoms with van der Waals surface area (Å²) in [6, 6.07) is 6.07. The molecule has 0 aromatic heterocycles. The predicted octanol–water partition coefficient (Wildman–Crippen LogP) is -1.47. The third-order valence-electron chi connectivity index (χ3n) is 1.57. The van der Waals surface area contributed by atoms with Crippen molar-refractivity contribution < 1.29 is 42.5 Å². The molecular formula is C8H8BrNaO3S. The molecule has 0 amide bonds. The van der Waals surface area contributed by atoms with E-state index in [1.807, 2.05) is 0 Å². The minimum absolute atomic E-state index is 0. The zero-order valence-corrected chi connectivity index (χ0v) is 12.1. The Hall–Kier alpha value is 0.610. The van der Waals surface area contributed by atoms with Crippen LogP contribution in [0.4, 0.5) is 0 Å². The Bertz CT molecular complexity index is 391. The third-order valence-corrected chi connectivity index (χ3v) is 2.80. The van der Waals surface area contributed by atoms with Gasteiger partial charge in [0.25, 0.3) is 0 Å². The summed E-state index contributed by atoms with van der Waals surface area (Å²) in [6.45, 7) is 0. The molecule has 1 rings (SSSR count). The van der Waals surface area contributed by atoms with E-state index < -0.39 is 10.1 Å². The van der Waals surface area contributed by atoms with Crippen LogP contribution in [0.15, 0.2) is 29.2 Å². The van der Waals surface area contributed by atoms with Crippen LogP contribution >= 0.6 is 15.9 Å². The average molecular weight is 287 g/mol. The van der Waals surface area contributed by atoms with Gasteiger partial charge in [-0.15, -0.1) is 0 Å². The van der Waals surface area contributed by atoms with Gasteiger partial charge in [-0.1, -0.05) is 28.1 Å². The maximum Gasteiger partial charge on any atom is 1.00 e. The fraction of sp³-hybridized carbons (Fsp3) is 0.250. The Labute approximate surface area is 114 Å². The fourth-order valence-corrected chi connectivity index (χ4v) is 1.96. The second-order valence-electron chi connectivity index (χ2n) is 2.54. The van der Waals surface area contributed by atoms with Crippen molar-refractivity contribution >= 4 is 26.0 Å². The smallest absolute Gasteiger partial charge is 0.744 e. The molecule has 0 heterocycles. The molecule has 0 aliphatic carbocycles. The molecule has 3 nitrogen and oxygen atoms in total. The van der Waals surface area contributed by atoms with Crippen LogP contribution in [0.1, 0.15) is 5.56 Å². The molecule has 0 aliphatic rings. The first-order valence-electron chi connectivity index (χ1n) is 3.65. The van der Waals surface area contributed by atoms with E-state index in [0.717, 1.165) is 10.9 Å². The van der Waals surface area contributed by atoms with Gasteiger partial charge in [0.1, 0.15) is 10.1 Å². The molecule has 6 heteroatoms. The Morgan fingerprint density at radius 3 is 2.50 bits per heavy atom. The molecule has 0 saturated heterocycles. The molecule has 1 aromatic rings. The van der Waals surface area contributed by atoms with E-state index in [0.29, 0.717) is 6.42 Å². The number of hydrogen-bond acceptors (Lipinski definition) is 3. The predicted molar refractivity (Wildman–Crippen MR) is 51.9 cm³/mol. The minimum Gasteiger partial charge on any atom is -0.744 e. The van der Waals surface area contributed by atoms with Crippen molar-refractivity contribution in [3.8, 4) is 0 Å². The first kappa shape index (κ1) is 14.6. The average Bonchev–Trinajstić information content (AvgIpc) is 2.04. The standard InChI is InChI=1S/C8H9BrO3S.Na/c9-5-4-7-2-1-3-8(6-7)13(10,11)12;/h1-3,6H,4-5H2,(H,10,11,12);/q;+1/p-1. The van der Waals surface area contributed by atoms with Crippen LogP contribution in [0.2, 0.25) is 0 Å². The summed E-state index contributed by atoms with van der Waals surface area (Å²) in [5, 5.41) is 0.745. The van der Waals surface area contributed by atoms with Crippen LogP contribution < -0.4 is 29.6 Å². The van der Waals surface area contributed by atoms with Crippen molar-refractivity contribution in [1.29, 1.82) is 0 Å². The quantitative estimate of drug-likeness (QED) is 0.387. The van der Waals surface area contributed by atoms with Gasteiger partial charge in [-0.05, 0) is 24.1 Å². The van der Waals surface area contributed by atoms with Crippen molar-refractivity contribution in [3.63, 3.8) is 0 Å². The molecule has 0 spiro atoms. The topological polar surface area (TPSA) is 57.2 Å². The van der Waals surface area contributed by atoms with E-state index in [2.05, 4.69) is 15.9 Å². The van der Waals surface area contributed by atoms with Gasteiger partial charge >= 0.3 is 29.6 Å². The van der Waals surface area contributed by atoms with Gasteiger partial charge in [-0.2, -0.15) is 0 Å². The molecule has 1 aromatic carbocycles. The number of halogens is 1. The largest absolute Gasteiger partial charge is 1.00 e. The van der Waals surface area contributed by atoms with Gasteiger partial charge in [0.15, 0.2) is 0 Å². The summed E-state index contributed by atoms with van der Waals surface area (Å²) in [7, 11) is -4.31. The van der Waals surface area contributed by atoms with Crippen LogP contribution in [-0.2, 0) is 16.5 Å². The number of hydrogen-bond donors (Lipinski definition) is 0. The van der Waals surface area contributed by atoms with E-state index in [1.165, 1.54) is 12.1 Å². The summed E-state index contributed by atoms with van der Waals surface area (Å²) < 4.78 is 31.9. The summed E-state index contributed by atoms with van der Waals surface area (Å²) >= 11 is 3.23. The second kappa shape index (κ2) is 6.25. The number of benzene rings is 1. The second-order valence-corrected chi connectivity index (χ2v) is 4.71. The van der Waals surface area contributed by atoms with Crippen LogP contribution in [0.3, 0.4) is 0 Å². The number of alkyl halides is 1. The first-order chi connectivity index (χ1) is 6.04. The Balaban J connectivity index is 0.00000169. The van der Waals surface area contributed by atoms with Crippen LogP contribution in [0, 0.1) is 0 Å². The van der Waals surface area contributed by atoms with Crippen LogP contribution in [0.25, 0.3) is 0 Å². The summed E-state index contributed by atoms with van der Waals surface area (Å²) in [5.74, 6) is 0. The zero-order valence-electron chi connectivity index (χ0n) is 7.73. The summed E-state index contributed by atoms with van der Waals surface area (Å²) in [5.41, 5.74) is 0.841. The van der Waals surface area contributed by atoms with Gasteiger partial charge in [0, 0.05) is 5.33 Å². The third kappa shape index (κ3) is 4.42. The van der Waals surface area contributed by atoms with Crippen molar-refractivity contribution in [2.75, 3.05) is 5.33 Å². The molecule has 0 aliphatic heterocycles. The van der Waals surface area contributed by atoms with Gasteiger partial charge in [0.2, 0.25) is 0 Å². The molecule has 0 saturated carbocycles. The van der Waals surface area contributed by atoms with E-state index >= 15 is 0 Å². The SMILES string of the molecule is O=S(=O)([O-])c1cccc(CCBr)c1.[Na+]. The van der Waals surface area contributed by atoms with E-state index in [4.69, 9.17) is 0 Å². The Morgan fingerprint density at radius 1 is 1.36 bits per heavy atom.